The number of piperidine rings is 1. The molecule has 27 heavy (non-hydrogen) atoms. The van der Waals surface area contributed by atoms with Gasteiger partial charge in [-0.15, -0.1) is 0 Å². The van der Waals surface area contributed by atoms with E-state index in [2.05, 4.69) is 9.97 Å². The summed E-state index contributed by atoms with van der Waals surface area (Å²) in [5, 5.41) is 9.05. The summed E-state index contributed by atoms with van der Waals surface area (Å²) in [4.78, 5) is 44.5. The second-order valence-corrected chi connectivity index (χ2v) is 6.63. The largest absolute Gasteiger partial charge is 0.368 e. The maximum Gasteiger partial charge on any atom is 0.266 e. The standard InChI is InChI=1S/C18H20N6O3/c1-11-14(7-13(8-19)17(26)22-11)18(27)24-5-2-3-12(9-24)16-21-4-6-23(16)10-15(20)25/h4,6-7,12H,2-3,5,9-10H2,1H3,(H2,20,25)(H,22,26)/t12-/m1/s1. The van der Waals surface area contributed by atoms with Gasteiger partial charge in [0, 0.05) is 37.1 Å². The topological polar surface area (TPSA) is 138 Å². The quantitative estimate of drug-likeness (QED) is 0.797. The summed E-state index contributed by atoms with van der Waals surface area (Å²) in [5.74, 6) is 0.0154. The first-order chi connectivity index (χ1) is 12.9. The summed E-state index contributed by atoms with van der Waals surface area (Å²) in [6.45, 7) is 2.70. The highest BCUT2D eigenvalue weighted by atomic mass is 16.2. The van der Waals surface area contributed by atoms with Crippen molar-refractivity contribution < 1.29 is 9.59 Å². The van der Waals surface area contributed by atoms with Crippen molar-refractivity contribution in [2.45, 2.75) is 32.2 Å². The molecule has 0 aliphatic carbocycles. The van der Waals surface area contributed by atoms with E-state index in [1.807, 2.05) is 0 Å². The van der Waals surface area contributed by atoms with Crippen LogP contribution in [0.2, 0.25) is 0 Å². The summed E-state index contributed by atoms with van der Waals surface area (Å²) < 4.78 is 1.71. The number of rotatable bonds is 4. The van der Waals surface area contributed by atoms with Crippen LogP contribution in [0.4, 0.5) is 0 Å². The van der Waals surface area contributed by atoms with E-state index in [1.165, 1.54) is 6.07 Å². The summed E-state index contributed by atoms with van der Waals surface area (Å²) in [6, 6.07) is 3.15. The Hall–Kier alpha value is -3.41. The van der Waals surface area contributed by atoms with Gasteiger partial charge >= 0.3 is 0 Å². The highest BCUT2D eigenvalue weighted by molar-refractivity contribution is 5.95. The van der Waals surface area contributed by atoms with Crippen LogP contribution in [0.15, 0.2) is 23.3 Å². The van der Waals surface area contributed by atoms with Crippen LogP contribution in [0.5, 0.6) is 0 Å². The zero-order valence-corrected chi connectivity index (χ0v) is 14.9. The van der Waals surface area contributed by atoms with Crippen LogP contribution >= 0.6 is 0 Å². The Morgan fingerprint density at radius 3 is 2.96 bits per heavy atom. The van der Waals surface area contributed by atoms with E-state index < -0.39 is 11.5 Å². The van der Waals surface area contributed by atoms with Crippen molar-refractivity contribution in [1.29, 1.82) is 5.26 Å². The third-order valence-electron chi connectivity index (χ3n) is 4.74. The molecule has 140 valence electrons. The summed E-state index contributed by atoms with van der Waals surface area (Å²) in [7, 11) is 0. The molecule has 0 spiro atoms. The maximum absolute atomic E-state index is 13.0. The lowest BCUT2D eigenvalue weighted by molar-refractivity contribution is -0.118. The number of primary amides is 1. The van der Waals surface area contributed by atoms with Crippen LogP contribution < -0.4 is 11.3 Å². The fraction of sp³-hybridized carbons (Fsp3) is 0.389. The highest BCUT2D eigenvalue weighted by Gasteiger charge is 2.29. The minimum atomic E-state index is -0.503. The zero-order valence-electron chi connectivity index (χ0n) is 14.9. The average Bonchev–Trinajstić information content (AvgIpc) is 3.09. The number of H-pyrrole nitrogens is 1. The monoisotopic (exact) mass is 368 g/mol. The molecule has 1 aliphatic heterocycles. The first kappa shape index (κ1) is 18.4. The normalized spacial score (nSPS) is 16.7. The van der Waals surface area contributed by atoms with E-state index in [0.29, 0.717) is 24.3 Å². The Labute approximate surface area is 155 Å². The lowest BCUT2D eigenvalue weighted by Gasteiger charge is -2.33. The molecule has 1 aliphatic rings. The van der Waals surface area contributed by atoms with Crippen LogP contribution in [0.25, 0.3) is 0 Å². The number of carbonyl (C=O) groups is 2. The first-order valence-corrected chi connectivity index (χ1v) is 8.63. The molecule has 0 radical (unpaired) electrons. The molecule has 2 aromatic heterocycles. The molecule has 3 heterocycles. The lowest BCUT2D eigenvalue weighted by atomic mass is 9.96. The van der Waals surface area contributed by atoms with Crippen LogP contribution in [0, 0.1) is 18.3 Å². The predicted molar refractivity (Wildman–Crippen MR) is 95.8 cm³/mol. The van der Waals surface area contributed by atoms with Crippen LogP contribution in [-0.2, 0) is 11.3 Å². The first-order valence-electron chi connectivity index (χ1n) is 8.63. The number of likely N-dealkylation sites (tertiary alicyclic amines) is 1. The zero-order chi connectivity index (χ0) is 19.6. The van der Waals surface area contributed by atoms with Crippen molar-refractivity contribution >= 4 is 11.8 Å². The molecule has 3 N–H and O–H groups in total. The van der Waals surface area contributed by atoms with Crippen LogP contribution in [-0.4, -0.2) is 44.3 Å². The van der Waals surface area contributed by atoms with Crippen molar-refractivity contribution in [3.8, 4) is 6.07 Å². The maximum atomic E-state index is 13.0. The van der Waals surface area contributed by atoms with Gasteiger partial charge in [-0.2, -0.15) is 5.26 Å². The highest BCUT2D eigenvalue weighted by Crippen LogP contribution is 2.27. The van der Waals surface area contributed by atoms with E-state index in [1.54, 1.807) is 34.9 Å². The van der Waals surface area contributed by atoms with Crippen molar-refractivity contribution in [1.82, 2.24) is 19.4 Å². The number of nitrogens with one attached hydrogen (secondary N) is 1. The molecular formula is C18H20N6O3. The van der Waals surface area contributed by atoms with E-state index >= 15 is 0 Å². The Bertz CT molecular complexity index is 984. The molecule has 0 saturated carbocycles. The van der Waals surface area contributed by atoms with Crippen molar-refractivity contribution in [2.24, 2.45) is 5.73 Å². The van der Waals surface area contributed by atoms with Crippen LogP contribution in [0.3, 0.4) is 0 Å². The van der Waals surface area contributed by atoms with Crippen LogP contribution in [0.1, 0.15) is 46.2 Å². The molecule has 2 aromatic rings. The molecule has 1 fully saturated rings. The fourth-order valence-corrected chi connectivity index (χ4v) is 3.45. The number of aromatic amines is 1. The summed E-state index contributed by atoms with van der Waals surface area (Å²) >= 11 is 0. The molecule has 3 rings (SSSR count). The smallest absolute Gasteiger partial charge is 0.266 e. The molecule has 0 unspecified atom stereocenters. The Balaban J connectivity index is 1.84. The van der Waals surface area contributed by atoms with Gasteiger partial charge < -0.3 is 20.2 Å². The number of pyridine rings is 1. The molecular weight excluding hydrogens is 348 g/mol. The van der Waals surface area contributed by atoms with Gasteiger partial charge in [0.2, 0.25) is 5.91 Å². The molecule has 2 amide bonds. The number of aromatic nitrogens is 3. The number of imidazole rings is 1. The van der Waals surface area contributed by atoms with E-state index in [4.69, 9.17) is 11.0 Å². The van der Waals surface area contributed by atoms with Gasteiger partial charge in [-0.3, -0.25) is 14.4 Å². The van der Waals surface area contributed by atoms with E-state index in [0.717, 1.165) is 18.7 Å². The third kappa shape index (κ3) is 3.74. The number of nitriles is 1. The van der Waals surface area contributed by atoms with Crippen molar-refractivity contribution in [2.75, 3.05) is 13.1 Å². The van der Waals surface area contributed by atoms with E-state index in [9.17, 15) is 14.4 Å². The Morgan fingerprint density at radius 1 is 1.48 bits per heavy atom. The number of hydrogen-bond donors (Lipinski definition) is 2. The third-order valence-corrected chi connectivity index (χ3v) is 4.74. The second kappa shape index (κ2) is 7.45. The number of hydrogen-bond acceptors (Lipinski definition) is 5. The fourth-order valence-electron chi connectivity index (χ4n) is 3.45. The predicted octanol–water partition coefficient (Wildman–Crippen LogP) is 0.257. The average molecular weight is 368 g/mol. The SMILES string of the molecule is Cc1[nH]c(=O)c(C#N)cc1C(=O)N1CCC[C@@H](c2nccn2CC(N)=O)C1. The molecule has 0 bridgehead atoms. The van der Waals surface area contributed by atoms with E-state index in [-0.39, 0.29) is 23.9 Å². The summed E-state index contributed by atoms with van der Waals surface area (Å²) in [5.41, 5.74) is 5.43. The van der Waals surface area contributed by atoms with Gasteiger partial charge in [-0.1, -0.05) is 0 Å². The minimum absolute atomic E-state index is 0.0180. The molecule has 9 nitrogen and oxygen atoms in total. The molecule has 1 atom stereocenters. The van der Waals surface area contributed by atoms with Gasteiger partial charge in [0.1, 0.15) is 24.0 Å². The number of amides is 2. The lowest BCUT2D eigenvalue weighted by Crippen LogP contribution is -2.40. The van der Waals surface area contributed by atoms with Gasteiger partial charge in [-0.05, 0) is 25.8 Å². The summed E-state index contributed by atoms with van der Waals surface area (Å²) in [6.07, 6.45) is 4.94. The molecule has 9 heteroatoms. The number of aryl methyl sites for hydroxylation is 1. The molecule has 1 saturated heterocycles. The van der Waals surface area contributed by atoms with Crippen molar-refractivity contribution in [3.63, 3.8) is 0 Å². The number of carbonyl (C=O) groups excluding carboxylic acids is 2. The number of nitrogens with two attached hydrogens (primary N) is 1. The van der Waals surface area contributed by atoms with Crippen molar-refractivity contribution in [3.05, 3.63) is 51.5 Å². The number of nitrogens with zero attached hydrogens (tertiary/aromatic N) is 4. The van der Waals surface area contributed by atoms with Gasteiger partial charge in [0.15, 0.2) is 0 Å². The Morgan fingerprint density at radius 2 is 2.26 bits per heavy atom. The Kier molecular flexibility index (Phi) is 5.07. The van der Waals surface area contributed by atoms with Gasteiger partial charge in [0.25, 0.3) is 11.5 Å². The van der Waals surface area contributed by atoms with Gasteiger partial charge in [0.05, 0.1) is 5.56 Å². The van der Waals surface area contributed by atoms with Gasteiger partial charge in [-0.25, -0.2) is 4.98 Å². The second-order valence-electron chi connectivity index (χ2n) is 6.63. The minimum Gasteiger partial charge on any atom is -0.368 e. The molecule has 0 aromatic carbocycles.